The number of hydrogen-bond donors (Lipinski definition) is 0. The largest absolute Gasteiger partial charge is 0.493 e. The van der Waals surface area contributed by atoms with Crippen LogP contribution in [0.4, 0.5) is 13.2 Å². The van der Waals surface area contributed by atoms with E-state index < -0.39 is 11.7 Å². The molecule has 0 spiro atoms. The number of carbonyl (C=O) groups is 1. The van der Waals surface area contributed by atoms with Gasteiger partial charge in [0, 0.05) is 12.6 Å². The van der Waals surface area contributed by atoms with Crippen molar-refractivity contribution in [3.63, 3.8) is 0 Å². The number of aromatic nitrogens is 1. The normalized spacial score (nSPS) is 11.3. The third-order valence-electron chi connectivity index (χ3n) is 4.55. The van der Waals surface area contributed by atoms with Crippen molar-refractivity contribution >= 4 is 17.2 Å². The predicted molar refractivity (Wildman–Crippen MR) is 113 cm³/mol. The van der Waals surface area contributed by atoms with Crippen LogP contribution in [0.3, 0.4) is 0 Å². The summed E-state index contributed by atoms with van der Waals surface area (Å²) < 4.78 is 49.2. The highest BCUT2D eigenvalue weighted by Gasteiger charge is 2.30. The van der Waals surface area contributed by atoms with Gasteiger partial charge in [-0.25, -0.2) is 4.98 Å². The standard InChI is InChI=1S/C22H21F3N2O3S/c1-14-19(31-20(26-14)15-8-10-16(11-9-15)22(23,24)25)21(28)27(2)12-13-30-18-7-5-4-6-17(18)29-3/h4-11H,12-13H2,1-3H3. The summed E-state index contributed by atoms with van der Waals surface area (Å²) in [7, 11) is 3.21. The van der Waals surface area contributed by atoms with Crippen LogP contribution < -0.4 is 9.47 Å². The van der Waals surface area contributed by atoms with Gasteiger partial charge in [-0.05, 0) is 31.2 Å². The first-order valence-corrected chi connectivity index (χ1v) is 10.2. The predicted octanol–water partition coefficient (Wildman–Crippen LogP) is 5.30. The fourth-order valence-corrected chi connectivity index (χ4v) is 3.89. The smallest absolute Gasteiger partial charge is 0.416 e. The molecule has 0 radical (unpaired) electrons. The number of ether oxygens (including phenoxy) is 2. The number of carbonyl (C=O) groups excluding carboxylic acids is 1. The van der Waals surface area contributed by atoms with Crippen LogP contribution in [0.15, 0.2) is 48.5 Å². The molecule has 3 rings (SSSR count). The Morgan fingerprint density at radius 2 is 1.74 bits per heavy atom. The minimum atomic E-state index is -4.40. The molecule has 0 aliphatic carbocycles. The molecular formula is C22H21F3N2O3S. The van der Waals surface area contributed by atoms with Crippen LogP contribution in [0, 0.1) is 6.92 Å². The van der Waals surface area contributed by atoms with Crippen molar-refractivity contribution in [2.45, 2.75) is 13.1 Å². The van der Waals surface area contributed by atoms with Crippen LogP contribution in [0.1, 0.15) is 20.9 Å². The number of likely N-dealkylation sites (N-methyl/N-ethyl adjacent to an activating group) is 1. The molecule has 1 heterocycles. The topological polar surface area (TPSA) is 51.7 Å². The number of hydrogen-bond acceptors (Lipinski definition) is 5. The summed E-state index contributed by atoms with van der Waals surface area (Å²) in [5.74, 6) is 0.970. The zero-order valence-corrected chi connectivity index (χ0v) is 18.0. The summed E-state index contributed by atoms with van der Waals surface area (Å²) >= 11 is 1.15. The van der Waals surface area contributed by atoms with Gasteiger partial charge >= 0.3 is 6.18 Å². The van der Waals surface area contributed by atoms with Crippen molar-refractivity contribution < 1.29 is 27.4 Å². The zero-order chi connectivity index (χ0) is 22.6. The van der Waals surface area contributed by atoms with Gasteiger partial charge in [0.2, 0.25) is 0 Å². The van der Waals surface area contributed by atoms with Crippen molar-refractivity contribution in [2.75, 3.05) is 27.3 Å². The summed E-state index contributed by atoms with van der Waals surface area (Å²) in [6, 6.07) is 12.0. The molecule has 164 valence electrons. The lowest BCUT2D eigenvalue weighted by Gasteiger charge is -2.17. The van der Waals surface area contributed by atoms with Gasteiger partial charge in [0.05, 0.1) is 24.9 Å². The Kier molecular flexibility index (Phi) is 6.84. The molecule has 1 aromatic heterocycles. The molecular weight excluding hydrogens is 429 g/mol. The first-order chi connectivity index (χ1) is 14.7. The van der Waals surface area contributed by atoms with E-state index in [9.17, 15) is 18.0 Å². The highest BCUT2D eigenvalue weighted by Crippen LogP contribution is 2.33. The second kappa shape index (κ2) is 9.38. The molecule has 0 saturated carbocycles. The van der Waals surface area contributed by atoms with E-state index in [-0.39, 0.29) is 12.5 Å². The Morgan fingerprint density at radius 1 is 1.10 bits per heavy atom. The fraction of sp³-hybridized carbons (Fsp3) is 0.273. The van der Waals surface area contributed by atoms with Gasteiger partial charge in [0.1, 0.15) is 16.5 Å². The Bertz CT molecular complexity index is 1050. The zero-order valence-electron chi connectivity index (χ0n) is 17.2. The van der Waals surface area contributed by atoms with Gasteiger partial charge < -0.3 is 14.4 Å². The van der Waals surface area contributed by atoms with Crippen LogP contribution in [0.5, 0.6) is 11.5 Å². The minimum Gasteiger partial charge on any atom is -0.493 e. The van der Waals surface area contributed by atoms with E-state index in [4.69, 9.17) is 9.47 Å². The van der Waals surface area contributed by atoms with Gasteiger partial charge in [-0.1, -0.05) is 24.3 Å². The number of aryl methyl sites for hydroxylation is 1. The van der Waals surface area contributed by atoms with Crippen molar-refractivity contribution in [2.24, 2.45) is 0 Å². The van der Waals surface area contributed by atoms with E-state index in [2.05, 4.69) is 4.98 Å². The Balaban J connectivity index is 1.66. The number of methoxy groups -OCH3 is 1. The molecule has 2 aromatic carbocycles. The molecule has 1 amide bonds. The summed E-state index contributed by atoms with van der Waals surface area (Å²) in [6.45, 7) is 2.31. The molecule has 0 saturated heterocycles. The monoisotopic (exact) mass is 450 g/mol. The molecule has 9 heteroatoms. The molecule has 0 aliphatic heterocycles. The minimum absolute atomic E-state index is 0.225. The van der Waals surface area contributed by atoms with Crippen molar-refractivity contribution in [1.82, 2.24) is 9.88 Å². The quantitative estimate of drug-likeness (QED) is 0.490. The summed E-state index contributed by atoms with van der Waals surface area (Å²) in [5, 5.41) is 0.494. The van der Waals surface area contributed by atoms with E-state index in [0.717, 1.165) is 23.5 Å². The number of thiazole rings is 1. The van der Waals surface area contributed by atoms with Crippen molar-refractivity contribution in [3.05, 3.63) is 64.7 Å². The number of amides is 1. The lowest BCUT2D eigenvalue weighted by atomic mass is 10.1. The summed E-state index contributed by atoms with van der Waals surface area (Å²) in [5.41, 5.74) is 0.334. The third kappa shape index (κ3) is 5.35. The Morgan fingerprint density at radius 3 is 2.35 bits per heavy atom. The molecule has 5 nitrogen and oxygen atoms in total. The van der Waals surface area contributed by atoms with E-state index >= 15 is 0 Å². The maximum absolute atomic E-state index is 12.8. The Labute approximate surface area is 182 Å². The fourth-order valence-electron chi connectivity index (χ4n) is 2.83. The van der Waals surface area contributed by atoms with Crippen LogP contribution >= 0.6 is 11.3 Å². The average molecular weight is 450 g/mol. The Hall–Kier alpha value is -3.07. The molecule has 0 N–H and O–H groups in total. The first-order valence-electron chi connectivity index (χ1n) is 9.37. The van der Waals surface area contributed by atoms with Gasteiger partial charge in [0.15, 0.2) is 11.5 Å². The number of para-hydroxylation sites is 2. The lowest BCUT2D eigenvalue weighted by molar-refractivity contribution is -0.137. The number of benzene rings is 2. The van der Waals surface area contributed by atoms with E-state index in [1.807, 2.05) is 12.1 Å². The average Bonchev–Trinajstić information content (AvgIpc) is 3.14. The van der Waals surface area contributed by atoms with Crippen LogP contribution in [-0.4, -0.2) is 43.1 Å². The van der Waals surface area contributed by atoms with Crippen molar-refractivity contribution in [3.8, 4) is 22.1 Å². The van der Waals surface area contributed by atoms with E-state index in [0.29, 0.717) is 39.2 Å². The molecule has 3 aromatic rings. The SMILES string of the molecule is COc1ccccc1OCCN(C)C(=O)c1sc(-c2ccc(C(F)(F)F)cc2)nc1C. The summed E-state index contributed by atoms with van der Waals surface area (Å²) in [4.78, 5) is 19.2. The molecule has 0 unspecified atom stereocenters. The van der Waals surface area contributed by atoms with Gasteiger partial charge in [0.25, 0.3) is 5.91 Å². The van der Waals surface area contributed by atoms with Gasteiger partial charge in [-0.15, -0.1) is 11.3 Å². The van der Waals surface area contributed by atoms with Crippen LogP contribution in [0.25, 0.3) is 10.6 Å². The number of nitrogens with zero attached hydrogens (tertiary/aromatic N) is 2. The highest BCUT2D eigenvalue weighted by atomic mass is 32.1. The number of alkyl halides is 3. The molecule has 0 atom stereocenters. The summed E-state index contributed by atoms with van der Waals surface area (Å²) in [6.07, 6.45) is -4.40. The third-order valence-corrected chi connectivity index (χ3v) is 5.74. The maximum atomic E-state index is 12.8. The van der Waals surface area contributed by atoms with Gasteiger partial charge in [-0.3, -0.25) is 4.79 Å². The molecule has 31 heavy (non-hydrogen) atoms. The lowest BCUT2D eigenvalue weighted by Crippen LogP contribution is -2.30. The van der Waals surface area contributed by atoms with E-state index in [1.165, 1.54) is 17.0 Å². The molecule has 0 fully saturated rings. The molecule has 0 bridgehead atoms. The maximum Gasteiger partial charge on any atom is 0.416 e. The number of rotatable bonds is 7. The van der Waals surface area contributed by atoms with Gasteiger partial charge in [-0.2, -0.15) is 13.2 Å². The number of halogens is 3. The molecule has 0 aliphatic rings. The van der Waals surface area contributed by atoms with E-state index in [1.54, 1.807) is 33.2 Å². The second-order valence-electron chi connectivity index (χ2n) is 6.73. The highest BCUT2D eigenvalue weighted by molar-refractivity contribution is 7.17. The first kappa shape index (κ1) is 22.6. The van der Waals surface area contributed by atoms with Crippen LogP contribution in [0.2, 0.25) is 0 Å². The van der Waals surface area contributed by atoms with Crippen molar-refractivity contribution in [1.29, 1.82) is 0 Å². The second-order valence-corrected chi connectivity index (χ2v) is 7.73. The van der Waals surface area contributed by atoms with Crippen LogP contribution in [-0.2, 0) is 6.18 Å².